The Bertz CT molecular complexity index is 1270. The van der Waals surface area contributed by atoms with E-state index in [9.17, 15) is 19.5 Å². The highest BCUT2D eigenvalue weighted by atomic mass is 35.5. The van der Waals surface area contributed by atoms with Crippen LogP contribution < -0.4 is 20.9 Å². The van der Waals surface area contributed by atoms with Gasteiger partial charge < -0.3 is 26.0 Å². The Hall–Kier alpha value is -3.95. The molecule has 0 saturated carbocycles. The average molecular weight is 538 g/mol. The molecule has 1 aliphatic heterocycles. The molecule has 4 N–H and O–H groups in total. The lowest BCUT2D eigenvalue weighted by Crippen LogP contribution is -2.54. The van der Waals surface area contributed by atoms with Gasteiger partial charge in [-0.3, -0.25) is 19.4 Å². The molecule has 0 spiro atoms. The molecule has 2 atom stereocenters. The fraction of sp³-hybridized carbons (Fsp3) is 0.286. The minimum absolute atomic E-state index is 0. The van der Waals surface area contributed by atoms with Crippen molar-refractivity contribution in [2.24, 2.45) is 0 Å². The van der Waals surface area contributed by atoms with Crippen LogP contribution in [0, 0.1) is 0 Å². The third-order valence-electron chi connectivity index (χ3n) is 6.44. The van der Waals surface area contributed by atoms with Crippen molar-refractivity contribution < 1.29 is 19.5 Å². The van der Waals surface area contributed by atoms with Gasteiger partial charge in [0.2, 0.25) is 0 Å². The molecule has 38 heavy (non-hydrogen) atoms. The van der Waals surface area contributed by atoms with Gasteiger partial charge in [0.1, 0.15) is 5.75 Å². The van der Waals surface area contributed by atoms with Crippen molar-refractivity contribution in [1.29, 1.82) is 0 Å². The highest BCUT2D eigenvalue weighted by molar-refractivity contribution is 6.11. The number of carbonyl (C=O) groups is 3. The predicted molar refractivity (Wildman–Crippen MR) is 148 cm³/mol. The topological polar surface area (TPSA) is 124 Å². The molecule has 1 aromatic heterocycles. The van der Waals surface area contributed by atoms with E-state index in [0.717, 1.165) is 18.7 Å². The van der Waals surface area contributed by atoms with Crippen molar-refractivity contribution in [3.8, 4) is 5.75 Å². The van der Waals surface area contributed by atoms with E-state index in [0.29, 0.717) is 29.7 Å². The van der Waals surface area contributed by atoms with Gasteiger partial charge in [0.15, 0.2) is 5.78 Å². The summed E-state index contributed by atoms with van der Waals surface area (Å²) in [7, 11) is 3.71. The van der Waals surface area contributed by atoms with Crippen molar-refractivity contribution in [1.82, 2.24) is 20.9 Å². The molecule has 3 aromatic rings. The number of nitrogens with one attached hydrogen (secondary N) is 3. The van der Waals surface area contributed by atoms with E-state index in [1.165, 1.54) is 6.07 Å². The summed E-state index contributed by atoms with van der Waals surface area (Å²) in [5.74, 6) is -0.938. The van der Waals surface area contributed by atoms with Crippen LogP contribution in [-0.2, 0) is 0 Å². The van der Waals surface area contributed by atoms with Crippen molar-refractivity contribution in [2.45, 2.75) is 24.9 Å². The molecule has 0 aliphatic carbocycles. The lowest BCUT2D eigenvalue weighted by atomic mass is 9.99. The fourth-order valence-corrected chi connectivity index (χ4v) is 4.29. The third-order valence-corrected chi connectivity index (χ3v) is 6.44. The smallest absolute Gasteiger partial charge is 0.251 e. The first kappa shape index (κ1) is 28.6. The molecule has 4 rings (SSSR count). The van der Waals surface area contributed by atoms with Crippen LogP contribution in [0.15, 0.2) is 67.0 Å². The maximum Gasteiger partial charge on any atom is 0.251 e. The molecule has 2 aromatic carbocycles. The maximum absolute atomic E-state index is 13.1. The fourth-order valence-electron chi connectivity index (χ4n) is 4.29. The number of hydrogen-bond acceptors (Lipinski definition) is 7. The number of hydrogen-bond donors (Lipinski definition) is 4. The monoisotopic (exact) mass is 537 g/mol. The van der Waals surface area contributed by atoms with E-state index in [1.807, 2.05) is 19.0 Å². The molecule has 200 valence electrons. The molecule has 10 heteroatoms. The van der Waals surface area contributed by atoms with Crippen LogP contribution in [0.2, 0.25) is 0 Å². The Morgan fingerprint density at radius 3 is 2.16 bits per heavy atom. The van der Waals surface area contributed by atoms with Crippen LogP contribution in [0.5, 0.6) is 5.75 Å². The Kier molecular flexibility index (Phi) is 9.81. The molecule has 1 saturated heterocycles. The number of aromatic nitrogens is 1. The molecule has 1 fully saturated rings. The summed E-state index contributed by atoms with van der Waals surface area (Å²) < 4.78 is 0. The van der Waals surface area contributed by atoms with Gasteiger partial charge in [0, 0.05) is 55.4 Å². The average Bonchev–Trinajstić information content (AvgIpc) is 3.13. The Morgan fingerprint density at radius 2 is 1.50 bits per heavy atom. The molecule has 9 nitrogen and oxygen atoms in total. The van der Waals surface area contributed by atoms with Crippen LogP contribution in [0.25, 0.3) is 0 Å². The highest BCUT2D eigenvalue weighted by Crippen LogP contribution is 2.25. The van der Waals surface area contributed by atoms with E-state index in [2.05, 4.69) is 20.9 Å². The van der Waals surface area contributed by atoms with Crippen molar-refractivity contribution in [2.75, 3.05) is 32.1 Å². The van der Waals surface area contributed by atoms with E-state index >= 15 is 0 Å². The van der Waals surface area contributed by atoms with Crippen LogP contribution in [0.3, 0.4) is 0 Å². The Morgan fingerprint density at radius 1 is 0.895 bits per heavy atom. The first-order valence-corrected chi connectivity index (χ1v) is 12.2. The minimum Gasteiger partial charge on any atom is -0.507 e. The SMILES string of the molecule is CN(C)c1ccc(O)c(C(=O)c2ccc(C(=O)N[C@@H]3CCCNC[C@H]3NC(=O)c3ccncc3)cc2)c1.Cl. The molecular weight excluding hydrogens is 506 g/mol. The van der Waals surface area contributed by atoms with Gasteiger partial charge in [-0.2, -0.15) is 0 Å². The molecule has 0 unspecified atom stereocenters. The Labute approximate surface area is 228 Å². The summed E-state index contributed by atoms with van der Waals surface area (Å²) in [6.07, 6.45) is 4.69. The van der Waals surface area contributed by atoms with Gasteiger partial charge in [-0.1, -0.05) is 12.1 Å². The summed E-state index contributed by atoms with van der Waals surface area (Å²) in [4.78, 5) is 44.6. The van der Waals surface area contributed by atoms with E-state index in [4.69, 9.17) is 0 Å². The highest BCUT2D eigenvalue weighted by Gasteiger charge is 2.27. The molecule has 2 amide bonds. The zero-order chi connectivity index (χ0) is 26.4. The molecule has 0 radical (unpaired) electrons. The molecule has 0 bridgehead atoms. The summed E-state index contributed by atoms with van der Waals surface area (Å²) >= 11 is 0. The normalized spacial score (nSPS) is 16.9. The van der Waals surface area contributed by atoms with Gasteiger partial charge in [0.05, 0.1) is 17.6 Å². The van der Waals surface area contributed by atoms with Gasteiger partial charge in [-0.05, 0) is 61.9 Å². The van der Waals surface area contributed by atoms with E-state index in [1.54, 1.807) is 60.9 Å². The van der Waals surface area contributed by atoms with E-state index < -0.39 is 0 Å². The maximum atomic E-state index is 13.1. The first-order chi connectivity index (χ1) is 17.8. The number of ketones is 1. The van der Waals surface area contributed by atoms with Crippen molar-refractivity contribution in [3.63, 3.8) is 0 Å². The summed E-state index contributed by atoms with van der Waals surface area (Å²) in [5, 5.41) is 19.6. The van der Waals surface area contributed by atoms with Crippen molar-refractivity contribution in [3.05, 3.63) is 89.2 Å². The van der Waals surface area contributed by atoms with Gasteiger partial charge in [-0.15, -0.1) is 12.4 Å². The standard InChI is InChI=1S/C28H31N5O4.ClH/c1-33(2)21-9-10-25(34)22(16-21)26(35)18-5-7-19(8-6-18)27(36)31-23-4-3-13-30-17-24(23)32-28(37)20-11-14-29-15-12-20;/h5-12,14-16,23-24,30,34H,3-4,13,17H2,1-2H3,(H,31,36)(H,32,37);1H/t23-,24-;/m1./s1. The number of halogens is 1. The minimum atomic E-state index is -0.332. The van der Waals surface area contributed by atoms with Crippen LogP contribution >= 0.6 is 12.4 Å². The van der Waals surface area contributed by atoms with Crippen LogP contribution in [0.1, 0.15) is 49.5 Å². The molecule has 2 heterocycles. The van der Waals surface area contributed by atoms with E-state index in [-0.39, 0.29) is 53.4 Å². The van der Waals surface area contributed by atoms with Crippen molar-refractivity contribution >= 4 is 35.7 Å². The Balaban J connectivity index is 0.00000400. The largest absolute Gasteiger partial charge is 0.507 e. The number of rotatable bonds is 7. The summed E-state index contributed by atoms with van der Waals surface area (Å²) in [5.41, 5.74) is 2.26. The van der Waals surface area contributed by atoms with Gasteiger partial charge >= 0.3 is 0 Å². The number of benzene rings is 2. The molecular formula is C28H32ClN5O4. The third kappa shape index (κ3) is 6.87. The van der Waals surface area contributed by atoms with Gasteiger partial charge in [-0.25, -0.2) is 0 Å². The van der Waals surface area contributed by atoms with Crippen LogP contribution in [0.4, 0.5) is 5.69 Å². The van der Waals surface area contributed by atoms with Gasteiger partial charge in [0.25, 0.3) is 11.8 Å². The first-order valence-electron chi connectivity index (χ1n) is 12.2. The molecule has 1 aliphatic rings. The number of aromatic hydroxyl groups is 1. The zero-order valence-electron chi connectivity index (χ0n) is 21.3. The number of amides is 2. The quantitative estimate of drug-likeness (QED) is 0.342. The lowest BCUT2D eigenvalue weighted by Gasteiger charge is -2.27. The summed E-state index contributed by atoms with van der Waals surface area (Å²) in [6.45, 7) is 1.33. The number of phenols is 1. The number of pyridine rings is 1. The number of carbonyl (C=O) groups excluding carboxylic acids is 3. The number of anilines is 1. The summed E-state index contributed by atoms with van der Waals surface area (Å²) in [6, 6.07) is 13.9. The zero-order valence-corrected chi connectivity index (χ0v) is 22.1. The second kappa shape index (κ2) is 13.0. The van der Waals surface area contributed by atoms with Crippen LogP contribution in [-0.4, -0.2) is 67.0 Å². The number of nitrogens with zero attached hydrogens (tertiary/aromatic N) is 2. The second-order valence-electron chi connectivity index (χ2n) is 9.24. The number of phenolic OH excluding ortho intramolecular Hbond substituents is 1. The second-order valence-corrected chi connectivity index (χ2v) is 9.24. The lowest BCUT2D eigenvalue weighted by molar-refractivity contribution is 0.0882. The predicted octanol–water partition coefficient (Wildman–Crippen LogP) is 2.79.